The van der Waals surface area contributed by atoms with Gasteiger partial charge in [-0.05, 0) is 6.42 Å². The average Bonchev–Trinajstić information content (AvgIpc) is 2.73. The van der Waals surface area contributed by atoms with Crippen LogP contribution < -0.4 is 0 Å². The number of halogens is 1. The highest BCUT2D eigenvalue weighted by Gasteiger charge is 2.16. The molecule has 3 nitrogen and oxygen atoms in total. The molecule has 1 N–H and O–H groups in total. The van der Waals surface area contributed by atoms with Gasteiger partial charge in [0.05, 0.1) is 6.61 Å². The number of unbranched alkanes of at least 4 members (excludes halogenated alkanes) is 1. The van der Waals surface area contributed by atoms with E-state index in [1.165, 1.54) is 0 Å². The fraction of sp³-hybridized carbons (Fsp3) is 0.357. The van der Waals surface area contributed by atoms with Crippen molar-refractivity contribution in [2.24, 2.45) is 0 Å². The molecule has 0 saturated heterocycles. The summed E-state index contributed by atoms with van der Waals surface area (Å²) in [6, 6.07) is 9.48. The summed E-state index contributed by atoms with van der Waals surface area (Å²) in [6.07, 6.45) is 1.95. The average molecular weight is 248 g/mol. The molecule has 0 fully saturated rings. The van der Waals surface area contributed by atoms with Gasteiger partial charge >= 0.3 is 0 Å². The van der Waals surface area contributed by atoms with E-state index in [-0.39, 0.29) is 12.3 Å². The predicted octanol–water partition coefficient (Wildman–Crippen LogP) is 2.98. The summed E-state index contributed by atoms with van der Waals surface area (Å²) in [6.45, 7) is 2.43. The number of aliphatic hydroxyl groups is 1. The lowest BCUT2D eigenvalue weighted by Gasteiger charge is -2.09. The van der Waals surface area contributed by atoms with Gasteiger partial charge in [0, 0.05) is 12.1 Å². The first-order valence-electron chi connectivity index (χ1n) is 6.19. The summed E-state index contributed by atoms with van der Waals surface area (Å²) in [5, 5.41) is 9.26. The molecule has 0 unspecified atom stereocenters. The largest absolute Gasteiger partial charge is 0.390 e. The third-order valence-electron chi connectivity index (χ3n) is 2.94. The minimum Gasteiger partial charge on any atom is -0.390 e. The van der Waals surface area contributed by atoms with E-state index < -0.39 is 5.95 Å². The molecule has 0 atom stereocenters. The van der Waals surface area contributed by atoms with Crippen molar-refractivity contribution in [3.05, 3.63) is 42.0 Å². The Hall–Kier alpha value is -1.68. The van der Waals surface area contributed by atoms with Crippen molar-refractivity contribution >= 4 is 0 Å². The van der Waals surface area contributed by atoms with E-state index in [1.807, 2.05) is 30.3 Å². The number of aliphatic hydroxyl groups excluding tert-OH is 1. The second kappa shape index (κ2) is 5.78. The van der Waals surface area contributed by atoms with Crippen molar-refractivity contribution < 1.29 is 9.50 Å². The first-order valence-corrected chi connectivity index (χ1v) is 6.19. The highest BCUT2D eigenvalue weighted by Crippen LogP contribution is 2.22. The zero-order valence-electron chi connectivity index (χ0n) is 10.4. The van der Waals surface area contributed by atoms with Crippen molar-refractivity contribution in [2.45, 2.75) is 32.9 Å². The molecular formula is C14H17FN2O. The van der Waals surface area contributed by atoms with E-state index in [0.29, 0.717) is 12.4 Å². The van der Waals surface area contributed by atoms with Crippen molar-refractivity contribution in [1.29, 1.82) is 0 Å². The Balaban J connectivity index is 2.46. The molecule has 1 aromatic heterocycles. The van der Waals surface area contributed by atoms with Crippen molar-refractivity contribution in [3.8, 4) is 11.4 Å². The molecule has 0 amide bonds. The van der Waals surface area contributed by atoms with Crippen molar-refractivity contribution in [3.63, 3.8) is 0 Å². The molecule has 2 rings (SSSR count). The van der Waals surface area contributed by atoms with Crippen LogP contribution in [0.1, 0.15) is 25.5 Å². The lowest BCUT2D eigenvalue weighted by molar-refractivity contribution is 0.263. The molecule has 96 valence electrons. The normalized spacial score (nSPS) is 10.8. The van der Waals surface area contributed by atoms with Crippen LogP contribution >= 0.6 is 0 Å². The second-order valence-corrected chi connectivity index (χ2v) is 4.20. The maximum Gasteiger partial charge on any atom is 0.236 e. The predicted molar refractivity (Wildman–Crippen MR) is 68.5 cm³/mol. The van der Waals surface area contributed by atoms with Gasteiger partial charge in [0.25, 0.3) is 0 Å². The first-order chi connectivity index (χ1) is 8.77. The molecule has 1 heterocycles. The Morgan fingerprint density at radius 3 is 2.61 bits per heavy atom. The van der Waals surface area contributed by atoms with Crippen LogP contribution in [0.25, 0.3) is 11.4 Å². The minimum atomic E-state index is -0.576. The van der Waals surface area contributed by atoms with Crippen LogP contribution in [-0.4, -0.2) is 14.7 Å². The third-order valence-corrected chi connectivity index (χ3v) is 2.94. The summed E-state index contributed by atoms with van der Waals surface area (Å²) in [5.41, 5.74) is 1.13. The second-order valence-electron chi connectivity index (χ2n) is 4.20. The van der Waals surface area contributed by atoms with Gasteiger partial charge in [-0.3, -0.25) is 0 Å². The van der Waals surface area contributed by atoms with E-state index in [1.54, 1.807) is 4.57 Å². The van der Waals surface area contributed by atoms with Crippen molar-refractivity contribution in [1.82, 2.24) is 9.55 Å². The Morgan fingerprint density at radius 1 is 1.28 bits per heavy atom. The van der Waals surface area contributed by atoms with Gasteiger partial charge in [0.1, 0.15) is 11.5 Å². The van der Waals surface area contributed by atoms with E-state index in [9.17, 15) is 9.50 Å². The molecular weight excluding hydrogens is 231 g/mol. The topological polar surface area (TPSA) is 38.0 Å². The highest BCUT2D eigenvalue weighted by atomic mass is 19.1. The van der Waals surface area contributed by atoms with Gasteiger partial charge in [0.2, 0.25) is 5.95 Å². The number of aromatic nitrogens is 2. The lowest BCUT2D eigenvalue weighted by atomic mass is 10.2. The SMILES string of the molecule is CCCCn1c(-c2ccccc2)nc(F)c1CO. The molecule has 4 heteroatoms. The van der Waals surface area contributed by atoms with E-state index in [2.05, 4.69) is 11.9 Å². The molecule has 0 aliphatic heterocycles. The van der Waals surface area contributed by atoms with Crippen LogP contribution in [-0.2, 0) is 13.2 Å². The maximum atomic E-state index is 13.7. The van der Waals surface area contributed by atoms with E-state index in [0.717, 1.165) is 18.4 Å². The number of benzene rings is 1. The standard InChI is InChI=1S/C14H17FN2O/c1-2-3-9-17-12(10-18)13(15)16-14(17)11-7-5-4-6-8-11/h4-8,18H,2-3,9-10H2,1H3. The summed E-state index contributed by atoms with van der Waals surface area (Å²) in [7, 11) is 0. The third kappa shape index (κ3) is 2.43. The summed E-state index contributed by atoms with van der Waals surface area (Å²) >= 11 is 0. The Kier molecular flexibility index (Phi) is 4.10. The summed E-state index contributed by atoms with van der Waals surface area (Å²) in [4.78, 5) is 3.94. The molecule has 0 saturated carbocycles. The number of hydrogen-bond acceptors (Lipinski definition) is 2. The number of nitrogens with zero attached hydrogens (tertiary/aromatic N) is 2. The van der Waals surface area contributed by atoms with E-state index >= 15 is 0 Å². The number of hydrogen-bond donors (Lipinski definition) is 1. The molecule has 18 heavy (non-hydrogen) atoms. The van der Waals surface area contributed by atoms with Gasteiger partial charge in [-0.25, -0.2) is 0 Å². The molecule has 0 aliphatic carbocycles. The lowest BCUT2D eigenvalue weighted by Crippen LogP contribution is -2.06. The summed E-state index contributed by atoms with van der Waals surface area (Å²) < 4.78 is 15.5. The number of imidazole rings is 1. The van der Waals surface area contributed by atoms with Gasteiger partial charge in [-0.15, -0.1) is 0 Å². The van der Waals surface area contributed by atoms with Crippen LogP contribution in [0.15, 0.2) is 30.3 Å². The smallest absolute Gasteiger partial charge is 0.236 e. The Bertz CT molecular complexity index is 508. The fourth-order valence-corrected chi connectivity index (χ4v) is 1.97. The molecule has 0 spiro atoms. The monoisotopic (exact) mass is 248 g/mol. The molecule has 0 aliphatic rings. The first kappa shape index (κ1) is 12.8. The molecule has 0 bridgehead atoms. The highest BCUT2D eigenvalue weighted by molar-refractivity contribution is 5.56. The minimum absolute atomic E-state index is 0.266. The van der Waals surface area contributed by atoms with Crippen LogP contribution in [0.2, 0.25) is 0 Å². The Morgan fingerprint density at radius 2 is 2.00 bits per heavy atom. The van der Waals surface area contributed by atoms with Gasteiger partial charge in [0.15, 0.2) is 0 Å². The van der Waals surface area contributed by atoms with Gasteiger partial charge < -0.3 is 9.67 Å². The van der Waals surface area contributed by atoms with Gasteiger partial charge in [-0.1, -0.05) is 43.7 Å². The van der Waals surface area contributed by atoms with Gasteiger partial charge in [-0.2, -0.15) is 9.37 Å². The van der Waals surface area contributed by atoms with Crippen molar-refractivity contribution in [2.75, 3.05) is 0 Å². The molecule has 2 aromatic rings. The maximum absolute atomic E-state index is 13.7. The fourth-order valence-electron chi connectivity index (χ4n) is 1.97. The van der Waals surface area contributed by atoms with Crippen LogP contribution in [0.4, 0.5) is 4.39 Å². The summed E-state index contributed by atoms with van der Waals surface area (Å²) in [5.74, 6) is 0.0121. The molecule has 0 radical (unpaired) electrons. The van der Waals surface area contributed by atoms with Crippen LogP contribution in [0.3, 0.4) is 0 Å². The van der Waals surface area contributed by atoms with Crippen LogP contribution in [0.5, 0.6) is 0 Å². The van der Waals surface area contributed by atoms with E-state index in [4.69, 9.17) is 0 Å². The zero-order valence-corrected chi connectivity index (χ0v) is 10.4. The quantitative estimate of drug-likeness (QED) is 0.883. The number of rotatable bonds is 5. The zero-order chi connectivity index (χ0) is 13.0. The Labute approximate surface area is 106 Å². The van der Waals surface area contributed by atoms with Crippen LogP contribution in [0, 0.1) is 5.95 Å². The molecule has 1 aromatic carbocycles.